The van der Waals surface area contributed by atoms with Gasteiger partial charge in [-0.1, -0.05) is 38.1 Å². The lowest BCUT2D eigenvalue weighted by Gasteiger charge is -2.15. The van der Waals surface area contributed by atoms with Gasteiger partial charge in [0.25, 0.3) is 0 Å². The topological polar surface area (TPSA) is 72.2 Å². The molecule has 3 N–H and O–H groups in total. The Balaban J connectivity index is 2.74. The maximum absolute atomic E-state index is 11.9. The average Bonchev–Trinajstić information content (AvgIpc) is 2.38. The van der Waals surface area contributed by atoms with Crippen molar-refractivity contribution in [2.75, 3.05) is 6.54 Å². The number of primary amides is 1. The quantitative estimate of drug-likeness (QED) is 0.797. The highest BCUT2D eigenvalue weighted by atomic mass is 16.2. The van der Waals surface area contributed by atoms with Gasteiger partial charge in [0.05, 0.1) is 12.5 Å². The molecule has 4 heteroatoms. The van der Waals surface area contributed by atoms with E-state index in [0.29, 0.717) is 6.42 Å². The zero-order chi connectivity index (χ0) is 13.5. The van der Waals surface area contributed by atoms with E-state index in [1.807, 2.05) is 31.2 Å². The van der Waals surface area contributed by atoms with Crippen LogP contribution in [0.15, 0.2) is 24.3 Å². The number of nitrogens with one attached hydrogen (secondary N) is 1. The van der Waals surface area contributed by atoms with Gasteiger partial charge >= 0.3 is 0 Å². The zero-order valence-electron chi connectivity index (χ0n) is 10.9. The molecule has 0 saturated heterocycles. The molecule has 0 aliphatic rings. The van der Waals surface area contributed by atoms with Crippen LogP contribution < -0.4 is 11.1 Å². The number of benzene rings is 1. The summed E-state index contributed by atoms with van der Waals surface area (Å²) in [7, 11) is 0. The summed E-state index contributed by atoms with van der Waals surface area (Å²) in [6.45, 7) is 3.93. The van der Waals surface area contributed by atoms with Crippen molar-refractivity contribution in [3.8, 4) is 0 Å². The molecule has 18 heavy (non-hydrogen) atoms. The van der Waals surface area contributed by atoms with Gasteiger partial charge < -0.3 is 11.1 Å². The normalized spacial score (nSPS) is 11.9. The first-order valence-electron chi connectivity index (χ1n) is 6.23. The first kappa shape index (κ1) is 14.2. The fourth-order valence-corrected chi connectivity index (χ4v) is 1.86. The molecule has 0 heterocycles. The number of rotatable bonds is 6. The summed E-state index contributed by atoms with van der Waals surface area (Å²) < 4.78 is 0. The maximum Gasteiger partial charge on any atom is 0.236 e. The summed E-state index contributed by atoms with van der Waals surface area (Å²) in [5.41, 5.74) is 7.22. The van der Waals surface area contributed by atoms with Crippen molar-refractivity contribution in [1.82, 2.24) is 5.32 Å². The van der Waals surface area contributed by atoms with Crippen LogP contribution in [-0.2, 0) is 16.0 Å². The summed E-state index contributed by atoms with van der Waals surface area (Å²) >= 11 is 0. The Kier molecular flexibility index (Phi) is 5.36. The maximum atomic E-state index is 11.9. The number of nitrogens with two attached hydrogens (primary N) is 1. The predicted octanol–water partition coefficient (Wildman–Crippen LogP) is 1.34. The van der Waals surface area contributed by atoms with Crippen molar-refractivity contribution < 1.29 is 9.59 Å². The third kappa shape index (κ3) is 3.87. The monoisotopic (exact) mass is 248 g/mol. The van der Waals surface area contributed by atoms with Gasteiger partial charge in [-0.05, 0) is 24.0 Å². The Hall–Kier alpha value is -1.84. The molecule has 0 radical (unpaired) electrons. The van der Waals surface area contributed by atoms with Crippen molar-refractivity contribution in [2.24, 2.45) is 5.73 Å². The van der Waals surface area contributed by atoms with Gasteiger partial charge in [0.1, 0.15) is 0 Å². The molecular formula is C14H20N2O2. The van der Waals surface area contributed by atoms with Crippen LogP contribution >= 0.6 is 0 Å². The van der Waals surface area contributed by atoms with Crippen LogP contribution in [0.5, 0.6) is 0 Å². The number of amides is 2. The van der Waals surface area contributed by atoms with E-state index >= 15 is 0 Å². The summed E-state index contributed by atoms with van der Waals surface area (Å²) in [5.74, 6) is -0.907. The number of hydrogen-bond donors (Lipinski definition) is 2. The summed E-state index contributed by atoms with van der Waals surface area (Å²) in [6, 6.07) is 7.99. The molecule has 0 aliphatic heterocycles. The molecule has 1 aromatic carbocycles. The first-order valence-corrected chi connectivity index (χ1v) is 6.23. The van der Waals surface area contributed by atoms with E-state index in [4.69, 9.17) is 5.73 Å². The molecule has 98 valence electrons. The lowest BCUT2D eigenvalue weighted by Crippen LogP contribution is -2.36. The predicted molar refractivity (Wildman–Crippen MR) is 71.1 cm³/mol. The molecule has 0 fully saturated rings. The highest BCUT2D eigenvalue weighted by molar-refractivity contribution is 5.87. The van der Waals surface area contributed by atoms with Crippen molar-refractivity contribution >= 4 is 11.8 Å². The minimum atomic E-state index is -0.528. The third-order valence-corrected chi connectivity index (χ3v) is 2.95. The number of carbonyl (C=O) groups is 2. The van der Waals surface area contributed by atoms with Gasteiger partial charge in [-0.25, -0.2) is 0 Å². The van der Waals surface area contributed by atoms with Gasteiger partial charge in [-0.2, -0.15) is 0 Å². The van der Waals surface area contributed by atoms with Crippen LogP contribution in [0.3, 0.4) is 0 Å². The van der Waals surface area contributed by atoms with Crippen molar-refractivity contribution in [1.29, 1.82) is 0 Å². The highest BCUT2D eigenvalue weighted by Crippen LogP contribution is 2.20. The minimum absolute atomic E-state index is 0.109. The second kappa shape index (κ2) is 6.79. The number of hydrogen-bond acceptors (Lipinski definition) is 2. The molecule has 0 bridgehead atoms. The molecule has 0 saturated carbocycles. The summed E-state index contributed by atoms with van der Waals surface area (Å²) in [4.78, 5) is 22.6. The second-order valence-corrected chi connectivity index (χ2v) is 4.24. The van der Waals surface area contributed by atoms with Gasteiger partial charge in [0, 0.05) is 0 Å². The lowest BCUT2D eigenvalue weighted by atomic mass is 9.94. The van der Waals surface area contributed by atoms with Gasteiger partial charge in [-0.3, -0.25) is 9.59 Å². The SMILES string of the molecule is CCc1ccc(C(CC)C(=O)NCC(N)=O)cc1. The Bertz CT molecular complexity index is 412. The van der Waals surface area contributed by atoms with Gasteiger partial charge in [-0.15, -0.1) is 0 Å². The molecular weight excluding hydrogens is 228 g/mol. The van der Waals surface area contributed by atoms with Crippen LogP contribution in [0, 0.1) is 0 Å². The van der Waals surface area contributed by atoms with E-state index < -0.39 is 5.91 Å². The fourth-order valence-electron chi connectivity index (χ4n) is 1.86. The molecule has 0 aliphatic carbocycles. The van der Waals surface area contributed by atoms with Crippen LogP contribution in [0.1, 0.15) is 37.3 Å². The first-order chi connectivity index (χ1) is 8.58. The molecule has 0 aromatic heterocycles. The minimum Gasteiger partial charge on any atom is -0.368 e. The van der Waals surface area contributed by atoms with Gasteiger partial charge in [0.2, 0.25) is 11.8 Å². The van der Waals surface area contributed by atoms with E-state index in [9.17, 15) is 9.59 Å². The number of carbonyl (C=O) groups excluding carboxylic acids is 2. The van der Waals surface area contributed by atoms with Crippen LogP contribution in [0.25, 0.3) is 0 Å². The van der Waals surface area contributed by atoms with Crippen molar-refractivity contribution in [3.05, 3.63) is 35.4 Å². The Labute approximate surface area is 108 Å². The number of aryl methyl sites for hydroxylation is 1. The molecule has 1 rings (SSSR count). The largest absolute Gasteiger partial charge is 0.368 e. The Morgan fingerprint density at radius 1 is 1.22 bits per heavy atom. The van der Waals surface area contributed by atoms with Crippen molar-refractivity contribution in [2.45, 2.75) is 32.6 Å². The second-order valence-electron chi connectivity index (χ2n) is 4.24. The Morgan fingerprint density at radius 3 is 2.28 bits per heavy atom. The molecule has 1 atom stereocenters. The van der Waals surface area contributed by atoms with Crippen molar-refractivity contribution in [3.63, 3.8) is 0 Å². The summed E-state index contributed by atoms with van der Waals surface area (Å²) in [6.07, 6.45) is 1.67. The van der Waals surface area contributed by atoms with Crippen LogP contribution in [0.2, 0.25) is 0 Å². The molecule has 1 aromatic rings. The molecule has 2 amide bonds. The van der Waals surface area contributed by atoms with Crippen LogP contribution in [-0.4, -0.2) is 18.4 Å². The zero-order valence-corrected chi connectivity index (χ0v) is 10.9. The molecule has 4 nitrogen and oxygen atoms in total. The smallest absolute Gasteiger partial charge is 0.236 e. The molecule has 1 unspecified atom stereocenters. The fraction of sp³-hybridized carbons (Fsp3) is 0.429. The van der Waals surface area contributed by atoms with Crippen LogP contribution in [0.4, 0.5) is 0 Å². The highest BCUT2D eigenvalue weighted by Gasteiger charge is 2.18. The van der Waals surface area contributed by atoms with E-state index in [2.05, 4.69) is 12.2 Å². The van der Waals surface area contributed by atoms with Gasteiger partial charge in [0.15, 0.2) is 0 Å². The Morgan fingerprint density at radius 2 is 1.83 bits per heavy atom. The van der Waals surface area contributed by atoms with E-state index in [-0.39, 0.29) is 18.4 Å². The lowest BCUT2D eigenvalue weighted by molar-refractivity contribution is -0.125. The molecule has 0 spiro atoms. The third-order valence-electron chi connectivity index (χ3n) is 2.95. The standard InChI is InChI=1S/C14H20N2O2/c1-3-10-5-7-11(8-6-10)12(4-2)14(18)16-9-13(15)17/h5-8,12H,3-4,9H2,1-2H3,(H2,15,17)(H,16,18). The summed E-state index contributed by atoms with van der Waals surface area (Å²) in [5, 5.41) is 2.55. The average molecular weight is 248 g/mol. The van der Waals surface area contributed by atoms with E-state index in [1.54, 1.807) is 0 Å². The van der Waals surface area contributed by atoms with E-state index in [1.165, 1.54) is 5.56 Å². The van der Waals surface area contributed by atoms with E-state index in [0.717, 1.165) is 12.0 Å².